The monoisotopic (exact) mass is 264 g/mol. The van der Waals surface area contributed by atoms with Gasteiger partial charge in [0.15, 0.2) is 11.6 Å². The van der Waals surface area contributed by atoms with Crippen molar-refractivity contribution < 1.29 is 9.59 Å². The minimum absolute atomic E-state index is 0.0369. The number of benzene rings is 2. The first-order valence-electron chi connectivity index (χ1n) is 6.46. The summed E-state index contributed by atoms with van der Waals surface area (Å²) in [6, 6.07) is 12.0. The largest absolute Gasteiger partial charge is 0.295 e. The highest BCUT2D eigenvalue weighted by Crippen LogP contribution is 2.19. The van der Waals surface area contributed by atoms with Gasteiger partial charge in [-0.25, -0.2) is 0 Å². The third-order valence-electron chi connectivity index (χ3n) is 2.91. The number of carbonyl (C=O) groups is 2. The lowest BCUT2D eigenvalue weighted by molar-refractivity contribution is -0.113. The molecule has 0 saturated carbocycles. The van der Waals surface area contributed by atoms with E-state index in [1.165, 1.54) is 13.8 Å². The number of allylic oxidation sites excluding steroid dienone is 2. The van der Waals surface area contributed by atoms with Crippen molar-refractivity contribution in [2.24, 2.45) is 0 Å². The first-order chi connectivity index (χ1) is 9.54. The Morgan fingerprint density at radius 1 is 0.750 bits per heavy atom. The van der Waals surface area contributed by atoms with E-state index in [1.807, 2.05) is 48.6 Å². The minimum Gasteiger partial charge on any atom is -0.295 e. The van der Waals surface area contributed by atoms with Gasteiger partial charge < -0.3 is 0 Å². The molecule has 0 heterocycles. The van der Waals surface area contributed by atoms with Crippen LogP contribution in [0.3, 0.4) is 0 Å². The highest BCUT2D eigenvalue weighted by molar-refractivity contribution is 5.94. The van der Waals surface area contributed by atoms with Gasteiger partial charge in [-0.3, -0.25) is 9.59 Å². The van der Waals surface area contributed by atoms with E-state index in [0.717, 1.165) is 21.9 Å². The third kappa shape index (κ3) is 3.75. The van der Waals surface area contributed by atoms with Crippen LogP contribution in [0.1, 0.15) is 25.0 Å². The summed E-state index contributed by atoms with van der Waals surface area (Å²) in [6.45, 7) is 3.07. The molecule has 2 heteroatoms. The van der Waals surface area contributed by atoms with Crippen LogP contribution >= 0.6 is 0 Å². The Morgan fingerprint density at radius 2 is 1.15 bits per heavy atom. The Hall–Kier alpha value is -2.48. The summed E-state index contributed by atoms with van der Waals surface area (Å²) >= 11 is 0. The quantitative estimate of drug-likeness (QED) is 0.781. The van der Waals surface area contributed by atoms with E-state index in [4.69, 9.17) is 0 Å². The zero-order chi connectivity index (χ0) is 14.5. The maximum atomic E-state index is 10.9. The molecule has 2 nitrogen and oxygen atoms in total. The summed E-state index contributed by atoms with van der Waals surface area (Å²) in [6.07, 6.45) is 6.74. The van der Waals surface area contributed by atoms with Crippen LogP contribution in [0.5, 0.6) is 0 Å². The van der Waals surface area contributed by atoms with E-state index in [9.17, 15) is 9.59 Å². The second-order valence-electron chi connectivity index (χ2n) is 4.75. The van der Waals surface area contributed by atoms with E-state index in [2.05, 4.69) is 0 Å². The first-order valence-corrected chi connectivity index (χ1v) is 6.46. The van der Waals surface area contributed by atoms with Crippen molar-refractivity contribution in [1.29, 1.82) is 0 Å². The molecule has 0 amide bonds. The van der Waals surface area contributed by atoms with Crippen molar-refractivity contribution in [1.82, 2.24) is 0 Å². The van der Waals surface area contributed by atoms with Crippen molar-refractivity contribution >= 4 is 34.5 Å². The zero-order valence-corrected chi connectivity index (χ0v) is 11.6. The van der Waals surface area contributed by atoms with Gasteiger partial charge in [0.05, 0.1) is 0 Å². The fourth-order valence-electron chi connectivity index (χ4n) is 1.92. The molecule has 0 atom stereocenters. The molecule has 2 aromatic rings. The van der Waals surface area contributed by atoms with Crippen LogP contribution in [0.15, 0.2) is 48.6 Å². The second-order valence-corrected chi connectivity index (χ2v) is 4.75. The van der Waals surface area contributed by atoms with Crippen LogP contribution in [-0.2, 0) is 9.59 Å². The molecule has 0 N–H and O–H groups in total. The van der Waals surface area contributed by atoms with Crippen LogP contribution < -0.4 is 0 Å². The van der Waals surface area contributed by atoms with Crippen molar-refractivity contribution in [2.75, 3.05) is 0 Å². The van der Waals surface area contributed by atoms with Crippen LogP contribution in [0.2, 0.25) is 0 Å². The lowest BCUT2D eigenvalue weighted by Crippen LogP contribution is -1.82. The van der Waals surface area contributed by atoms with Crippen LogP contribution in [-0.4, -0.2) is 11.6 Å². The molecule has 0 aliphatic carbocycles. The molecule has 2 aromatic carbocycles. The maximum Gasteiger partial charge on any atom is 0.152 e. The van der Waals surface area contributed by atoms with E-state index in [0.29, 0.717) is 0 Å². The zero-order valence-electron chi connectivity index (χ0n) is 11.6. The van der Waals surface area contributed by atoms with E-state index in [1.54, 1.807) is 12.2 Å². The normalized spacial score (nSPS) is 11.5. The molecule has 100 valence electrons. The number of hydrogen-bond acceptors (Lipinski definition) is 2. The standard InChI is InChI=1S/C18H16O2/c1-13(19)3-5-15-7-9-18-12-16(6-4-14(2)20)8-10-17(18)11-15/h3-12H,1-2H3/b5-3+,6-4+. The van der Waals surface area contributed by atoms with Crippen LogP contribution in [0.4, 0.5) is 0 Å². The Kier molecular flexibility index (Phi) is 4.26. The summed E-state index contributed by atoms with van der Waals surface area (Å²) in [4.78, 5) is 21.9. The average Bonchev–Trinajstić information content (AvgIpc) is 2.42. The molecular formula is C18H16O2. The summed E-state index contributed by atoms with van der Waals surface area (Å²) < 4.78 is 0. The Morgan fingerprint density at radius 3 is 1.50 bits per heavy atom. The van der Waals surface area contributed by atoms with Gasteiger partial charge in [0.25, 0.3) is 0 Å². The maximum absolute atomic E-state index is 10.9. The molecular weight excluding hydrogens is 248 g/mol. The molecule has 0 saturated heterocycles. The van der Waals surface area contributed by atoms with Crippen molar-refractivity contribution in [2.45, 2.75) is 13.8 Å². The number of carbonyl (C=O) groups excluding carboxylic acids is 2. The predicted octanol–water partition coefficient (Wildman–Crippen LogP) is 4.04. The molecule has 0 bridgehead atoms. The number of fused-ring (bicyclic) bond motifs is 1. The van der Waals surface area contributed by atoms with Crippen LogP contribution in [0.25, 0.3) is 22.9 Å². The van der Waals surface area contributed by atoms with Crippen LogP contribution in [0, 0.1) is 0 Å². The Bertz CT molecular complexity index is 658. The summed E-state index contributed by atoms with van der Waals surface area (Å²) in [5.41, 5.74) is 2.00. The SMILES string of the molecule is CC(=O)/C=C/c1ccc2cc(/C=C/C(C)=O)ccc2c1. The first kappa shape index (κ1) is 13.9. The van der Waals surface area contributed by atoms with Gasteiger partial charge in [0, 0.05) is 0 Å². The molecule has 0 fully saturated rings. The number of hydrogen-bond donors (Lipinski definition) is 0. The van der Waals surface area contributed by atoms with Gasteiger partial charge in [-0.15, -0.1) is 0 Å². The van der Waals surface area contributed by atoms with Gasteiger partial charge in [-0.2, -0.15) is 0 Å². The predicted molar refractivity (Wildman–Crippen MR) is 83.4 cm³/mol. The highest BCUT2D eigenvalue weighted by Gasteiger charge is 1.96. The molecule has 0 aromatic heterocycles. The number of rotatable bonds is 4. The third-order valence-corrected chi connectivity index (χ3v) is 2.91. The fourth-order valence-corrected chi connectivity index (χ4v) is 1.92. The Balaban J connectivity index is 2.34. The fraction of sp³-hybridized carbons (Fsp3) is 0.111. The summed E-state index contributed by atoms with van der Waals surface area (Å²) in [5.74, 6) is 0.0737. The smallest absolute Gasteiger partial charge is 0.152 e. The van der Waals surface area contributed by atoms with Crippen molar-refractivity contribution in [3.05, 3.63) is 59.7 Å². The van der Waals surface area contributed by atoms with Crippen molar-refractivity contribution in [3.8, 4) is 0 Å². The minimum atomic E-state index is 0.0369. The topological polar surface area (TPSA) is 34.1 Å². The van der Waals surface area contributed by atoms with E-state index < -0.39 is 0 Å². The molecule has 20 heavy (non-hydrogen) atoms. The molecule has 2 rings (SSSR count). The molecule has 0 radical (unpaired) electrons. The van der Waals surface area contributed by atoms with Gasteiger partial charge in [-0.05, 0) is 60.0 Å². The van der Waals surface area contributed by atoms with Gasteiger partial charge in [0.2, 0.25) is 0 Å². The van der Waals surface area contributed by atoms with Crippen molar-refractivity contribution in [3.63, 3.8) is 0 Å². The van der Waals surface area contributed by atoms with Gasteiger partial charge >= 0.3 is 0 Å². The highest BCUT2D eigenvalue weighted by atomic mass is 16.1. The van der Waals surface area contributed by atoms with Gasteiger partial charge in [0.1, 0.15) is 0 Å². The molecule has 0 unspecified atom stereocenters. The molecule has 0 spiro atoms. The van der Waals surface area contributed by atoms with Gasteiger partial charge in [-0.1, -0.05) is 36.4 Å². The van der Waals surface area contributed by atoms with E-state index >= 15 is 0 Å². The number of ketones is 2. The summed E-state index contributed by atoms with van der Waals surface area (Å²) in [7, 11) is 0. The molecule has 0 aliphatic heterocycles. The lowest BCUT2D eigenvalue weighted by Gasteiger charge is -2.01. The van der Waals surface area contributed by atoms with E-state index in [-0.39, 0.29) is 11.6 Å². The summed E-state index contributed by atoms with van der Waals surface area (Å²) in [5, 5.41) is 2.21. The lowest BCUT2D eigenvalue weighted by atomic mass is 10.0. The molecule has 0 aliphatic rings. The average molecular weight is 264 g/mol. The Labute approximate surface area is 118 Å². The second kappa shape index (κ2) is 6.11.